The molecule has 1 aromatic carbocycles. The van der Waals surface area contributed by atoms with Crippen LogP contribution in [0.3, 0.4) is 0 Å². The fraction of sp³-hybridized carbons (Fsp3) is 0.571. The average molecular weight is 330 g/mol. The Morgan fingerprint density at radius 2 is 1.89 bits per heavy atom. The Labute approximate surface area is 122 Å². The van der Waals surface area contributed by atoms with Gasteiger partial charge in [0, 0.05) is 16.4 Å². The third-order valence-corrected chi connectivity index (χ3v) is 4.82. The highest BCUT2D eigenvalue weighted by atomic mass is 79.9. The van der Waals surface area contributed by atoms with E-state index in [-0.39, 0.29) is 5.41 Å². The minimum absolute atomic E-state index is 0.192. The molecule has 5 heteroatoms. The minimum Gasteiger partial charge on any atom is -0.493 e. The van der Waals surface area contributed by atoms with Crippen molar-refractivity contribution in [1.29, 1.82) is 0 Å². The number of benzene rings is 1. The Balaban J connectivity index is 2.39. The highest BCUT2D eigenvalue weighted by Gasteiger charge is 2.43. The molecular formula is C14H20BrNO3. The molecule has 1 aliphatic carbocycles. The number of aliphatic hydroxyl groups excluding tert-OH is 1. The fourth-order valence-electron chi connectivity index (χ4n) is 2.63. The number of methoxy groups -OCH3 is 2. The Kier molecular flexibility index (Phi) is 4.38. The molecule has 1 saturated carbocycles. The van der Waals surface area contributed by atoms with Crippen LogP contribution < -0.4 is 15.2 Å². The van der Waals surface area contributed by atoms with E-state index in [9.17, 15) is 5.11 Å². The van der Waals surface area contributed by atoms with Crippen LogP contribution in [0.2, 0.25) is 0 Å². The molecule has 106 valence electrons. The van der Waals surface area contributed by atoms with Crippen LogP contribution in [0, 0.1) is 5.41 Å². The molecule has 0 heterocycles. The number of nitrogens with two attached hydrogens (primary N) is 1. The zero-order valence-corrected chi connectivity index (χ0v) is 12.9. The van der Waals surface area contributed by atoms with Gasteiger partial charge in [-0.1, -0.05) is 22.4 Å². The lowest BCUT2D eigenvalue weighted by molar-refractivity contribution is -0.0302. The van der Waals surface area contributed by atoms with Crippen molar-refractivity contribution in [2.75, 3.05) is 20.8 Å². The molecule has 0 amide bonds. The lowest BCUT2D eigenvalue weighted by Gasteiger charge is -2.45. The van der Waals surface area contributed by atoms with E-state index < -0.39 is 6.10 Å². The van der Waals surface area contributed by atoms with Gasteiger partial charge in [0.2, 0.25) is 0 Å². The number of halogens is 1. The zero-order valence-electron chi connectivity index (χ0n) is 11.3. The SMILES string of the molecule is COc1cc(Br)c(C(O)C2(CN)CCC2)cc1OC. The molecule has 0 aliphatic heterocycles. The minimum atomic E-state index is -0.583. The smallest absolute Gasteiger partial charge is 0.161 e. The van der Waals surface area contributed by atoms with Gasteiger partial charge < -0.3 is 20.3 Å². The number of hydrogen-bond donors (Lipinski definition) is 2. The maximum Gasteiger partial charge on any atom is 0.161 e. The van der Waals surface area contributed by atoms with Crippen molar-refractivity contribution in [3.63, 3.8) is 0 Å². The van der Waals surface area contributed by atoms with Gasteiger partial charge in [0.05, 0.1) is 20.3 Å². The quantitative estimate of drug-likeness (QED) is 0.871. The van der Waals surface area contributed by atoms with Crippen LogP contribution in [0.1, 0.15) is 30.9 Å². The van der Waals surface area contributed by atoms with Crippen molar-refractivity contribution in [2.45, 2.75) is 25.4 Å². The first-order valence-corrected chi connectivity index (χ1v) is 7.17. The molecule has 1 atom stereocenters. The predicted octanol–water partition coefficient (Wildman–Crippen LogP) is 2.63. The third-order valence-electron chi connectivity index (χ3n) is 4.13. The van der Waals surface area contributed by atoms with E-state index in [1.807, 2.05) is 12.1 Å². The zero-order chi connectivity index (χ0) is 14.0. The molecule has 3 N–H and O–H groups in total. The average Bonchev–Trinajstić information content (AvgIpc) is 2.37. The molecule has 1 aromatic rings. The van der Waals surface area contributed by atoms with E-state index in [1.54, 1.807) is 14.2 Å². The fourth-order valence-corrected chi connectivity index (χ4v) is 3.17. The summed E-state index contributed by atoms with van der Waals surface area (Å²) in [5, 5.41) is 10.6. The normalized spacial score (nSPS) is 18.6. The second-order valence-electron chi connectivity index (χ2n) is 5.05. The van der Waals surface area contributed by atoms with E-state index in [4.69, 9.17) is 15.2 Å². The van der Waals surface area contributed by atoms with E-state index in [0.717, 1.165) is 29.3 Å². The van der Waals surface area contributed by atoms with Crippen LogP contribution in [0.25, 0.3) is 0 Å². The van der Waals surface area contributed by atoms with Crippen LogP contribution in [-0.2, 0) is 0 Å². The van der Waals surface area contributed by atoms with Crippen molar-refractivity contribution >= 4 is 15.9 Å². The number of ether oxygens (including phenoxy) is 2. The van der Waals surface area contributed by atoms with Crippen LogP contribution in [0.5, 0.6) is 11.5 Å². The van der Waals surface area contributed by atoms with Gasteiger partial charge >= 0.3 is 0 Å². The number of hydrogen-bond acceptors (Lipinski definition) is 4. The van der Waals surface area contributed by atoms with E-state index in [2.05, 4.69) is 15.9 Å². The third kappa shape index (κ3) is 2.47. The Bertz CT molecular complexity index is 455. The largest absolute Gasteiger partial charge is 0.493 e. The van der Waals surface area contributed by atoms with Gasteiger partial charge in [0.25, 0.3) is 0 Å². The number of aliphatic hydroxyl groups is 1. The van der Waals surface area contributed by atoms with Crippen LogP contribution in [0.15, 0.2) is 16.6 Å². The molecule has 1 aliphatic rings. The summed E-state index contributed by atoms with van der Waals surface area (Å²) in [5.41, 5.74) is 6.47. The molecule has 0 bridgehead atoms. The molecule has 1 fully saturated rings. The van der Waals surface area contributed by atoms with Crippen molar-refractivity contribution in [3.8, 4) is 11.5 Å². The molecule has 1 unspecified atom stereocenters. The maximum absolute atomic E-state index is 10.6. The summed E-state index contributed by atoms with van der Waals surface area (Å²) in [6, 6.07) is 3.64. The van der Waals surface area contributed by atoms with Gasteiger partial charge in [-0.05, 0) is 30.5 Å². The first-order valence-electron chi connectivity index (χ1n) is 6.37. The molecule has 0 saturated heterocycles. The van der Waals surface area contributed by atoms with E-state index in [1.165, 1.54) is 0 Å². The molecule has 4 nitrogen and oxygen atoms in total. The van der Waals surface area contributed by atoms with Crippen LogP contribution in [-0.4, -0.2) is 25.9 Å². The highest BCUT2D eigenvalue weighted by Crippen LogP contribution is 2.51. The second-order valence-corrected chi connectivity index (χ2v) is 5.91. The van der Waals surface area contributed by atoms with E-state index >= 15 is 0 Å². The summed E-state index contributed by atoms with van der Waals surface area (Å²) in [6.45, 7) is 0.495. The van der Waals surface area contributed by atoms with Crippen LogP contribution in [0.4, 0.5) is 0 Å². The Morgan fingerprint density at radius 3 is 2.32 bits per heavy atom. The molecular weight excluding hydrogens is 310 g/mol. The van der Waals surface area contributed by atoms with Gasteiger partial charge in [0.15, 0.2) is 11.5 Å². The first-order chi connectivity index (χ1) is 9.07. The van der Waals surface area contributed by atoms with Gasteiger partial charge in [-0.3, -0.25) is 0 Å². The standard InChI is InChI=1S/C14H20BrNO3/c1-18-11-6-9(10(15)7-12(11)19-2)13(17)14(8-16)4-3-5-14/h6-7,13,17H,3-5,8,16H2,1-2H3. The van der Waals surface area contributed by atoms with Crippen molar-refractivity contribution in [3.05, 3.63) is 22.2 Å². The van der Waals surface area contributed by atoms with Crippen molar-refractivity contribution in [1.82, 2.24) is 0 Å². The summed E-state index contributed by atoms with van der Waals surface area (Å²) in [6.07, 6.45) is 2.47. The predicted molar refractivity (Wildman–Crippen MR) is 77.5 cm³/mol. The summed E-state index contributed by atoms with van der Waals surface area (Å²) < 4.78 is 11.4. The summed E-state index contributed by atoms with van der Waals surface area (Å²) in [7, 11) is 3.18. The van der Waals surface area contributed by atoms with Crippen molar-refractivity contribution in [2.24, 2.45) is 11.1 Å². The topological polar surface area (TPSA) is 64.7 Å². The monoisotopic (exact) mass is 329 g/mol. The second kappa shape index (κ2) is 5.69. The van der Waals surface area contributed by atoms with Gasteiger partial charge in [-0.2, -0.15) is 0 Å². The molecule has 0 spiro atoms. The summed E-state index contributed by atoms with van der Waals surface area (Å²) in [4.78, 5) is 0. The number of rotatable bonds is 5. The molecule has 2 rings (SSSR count). The molecule has 19 heavy (non-hydrogen) atoms. The molecule has 0 aromatic heterocycles. The lowest BCUT2D eigenvalue weighted by Crippen LogP contribution is -2.42. The summed E-state index contributed by atoms with van der Waals surface area (Å²) in [5.74, 6) is 1.26. The first kappa shape index (κ1) is 14.6. The van der Waals surface area contributed by atoms with Gasteiger partial charge in [-0.15, -0.1) is 0 Å². The van der Waals surface area contributed by atoms with E-state index in [0.29, 0.717) is 18.0 Å². The summed E-state index contributed by atoms with van der Waals surface area (Å²) >= 11 is 3.49. The Hall–Kier alpha value is -0.780. The van der Waals surface area contributed by atoms with Gasteiger partial charge in [-0.25, -0.2) is 0 Å². The van der Waals surface area contributed by atoms with Crippen molar-refractivity contribution < 1.29 is 14.6 Å². The Morgan fingerprint density at radius 1 is 1.32 bits per heavy atom. The van der Waals surface area contributed by atoms with Crippen LogP contribution >= 0.6 is 15.9 Å². The maximum atomic E-state index is 10.6. The van der Waals surface area contributed by atoms with Gasteiger partial charge in [0.1, 0.15) is 0 Å². The molecule has 0 radical (unpaired) electrons. The lowest BCUT2D eigenvalue weighted by atomic mass is 9.63. The highest BCUT2D eigenvalue weighted by molar-refractivity contribution is 9.10.